The predicted octanol–water partition coefficient (Wildman–Crippen LogP) is 0.203. The molecule has 0 aromatic heterocycles. The van der Waals surface area contributed by atoms with Gasteiger partial charge < -0.3 is 15.7 Å². The largest absolute Gasteiger partial charge is 0.392 e. The fraction of sp³-hybridized carbons (Fsp3) is 0.500. The highest BCUT2D eigenvalue weighted by atomic mass is 16.3. The van der Waals surface area contributed by atoms with Crippen LogP contribution in [0.5, 0.6) is 0 Å². The van der Waals surface area contributed by atoms with E-state index in [0.29, 0.717) is 12.0 Å². The van der Waals surface area contributed by atoms with Crippen LogP contribution in [0.15, 0.2) is 24.3 Å². The number of rotatable bonds is 7. The van der Waals surface area contributed by atoms with Crippen molar-refractivity contribution in [2.75, 3.05) is 13.1 Å². The maximum absolute atomic E-state index is 11.9. The molecule has 0 aliphatic rings. The first-order chi connectivity index (χ1) is 7.88. The molecule has 0 aromatic carbocycles. The van der Waals surface area contributed by atoms with Crippen molar-refractivity contribution in [3.63, 3.8) is 0 Å². The number of primary amides is 1. The summed E-state index contributed by atoms with van der Waals surface area (Å²) >= 11 is 0. The first kappa shape index (κ1) is 15.4. The molecule has 0 heterocycles. The Labute approximate surface area is 102 Å². The van der Waals surface area contributed by atoms with E-state index in [2.05, 4.69) is 6.58 Å². The van der Waals surface area contributed by atoms with Crippen molar-refractivity contribution in [1.29, 1.82) is 0 Å². The van der Waals surface area contributed by atoms with Crippen molar-refractivity contribution < 1.29 is 14.7 Å². The molecule has 0 rings (SSSR count). The van der Waals surface area contributed by atoms with Gasteiger partial charge in [0.15, 0.2) is 0 Å². The standard InChI is InChI=1S/C12H20N2O3/c1-4-5-6-9(2)12(17)14(7-10(3)15)8-11(13)16/h4,6,10,15H,1,5,7-8H2,2-3H3,(H2,13,16)/b9-6+. The lowest BCUT2D eigenvalue weighted by Crippen LogP contribution is -2.42. The van der Waals surface area contributed by atoms with E-state index in [0.717, 1.165) is 0 Å². The van der Waals surface area contributed by atoms with Crippen molar-refractivity contribution in [3.8, 4) is 0 Å². The maximum atomic E-state index is 11.9. The number of carbonyl (C=O) groups excluding carboxylic acids is 2. The Hall–Kier alpha value is -1.62. The predicted molar refractivity (Wildman–Crippen MR) is 66.0 cm³/mol. The van der Waals surface area contributed by atoms with Gasteiger partial charge in [-0.2, -0.15) is 0 Å². The number of allylic oxidation sites excluding steroid dienone is 2. The van der Waals surface area contributed by atoms with Crippen LogP contribution in [0, 0.1) is 0 Å². The Morgan fingerprint density at radius 2 is 2.12 bits per heavy atom. The van der Waals surface area contributed by atoms with Gasteiger partial charge >= 0.3 is 0 Å². The molecule has 0 radical (unpaired) electrons. The van der Waals surface area contributed by atoms with Crippen LogP contribution in [0.2, 0.25) is 0 Å². The topological polar surface area (TPSA) is 83.6 Å². The van der Waals surface area contributed by atoms with E-state index in [-0.39, 0.29) is 19.0 Å². The lowest BCUT2D eigenvalue weighted by atomic mass is 10.2. The van der Waals surface area contributed by atoms with Crippen LogP contribution in [0.1, 0.15) is 20.3 Å². The zero-order valence-corrected chi connectivity index (χ0v) is 10.3. The van der Waals surface area contributed by atoms with Gasteiger partial charge in [0.2, 0.25) is 11.8 Å². The average molecular weight is 240 g/mol. The smallest absolute Gasteiger partial charge is 0.249 e. The van der Waals surface area contributed by atoms with Gasteiger partial charge in [-0.1, -0.05) is 12.2 Å². The zero-order valence-electron chi connectivity index (χ0n) is 10.3. The third kappa shape index (κ3) is 6.52. The molecule has 96 valence electrons. The summed E-state index contributed by atoms with van der Waals surface area (Å²) in [6.45, 7) is 6.64. The van der Waals surface area contributed by atoms with E-state index in [1.165, 1.54) is 4.90 Å². The maximum Gasteiger partial charge on any atom is 0.249 e. The summed E-state index contributed by atoms with van der Waals surface area (Å²) in [7, 11) is 0. The number of amides is 2. The highest BCUT2D eigenvalue weighted by molar-refractivity contribution is 5.95. The van der Waals surface area contributed by atoms with Gasteiger partial charge in [-0.25, -0.2) is 0 Å². The lowest BCUT2D eigenvalue weighted by molar-refractivity contribution is -0.133. The Balaban J connectivity index is 4.72. The molecule has 0 aromatic rings. The lowest BCUT2D eigenvalue weighted by Gasteiger charge is -2.22. The molecule has 0 saturated heterocycles. The van der Waals surface area contributed by atoms with Crippen LogP contribution in [0.3, 0.4) is 0 Å². The van der Waals surface area contributed by atoms with Gasteiger partial charge in [-0.3, -0.25) is 9.59 Å². The van der Waals surface area contributed by atoms with E-state index in [1.54, 1.807) is 26.0 Å². The van der Waals surface area contributed by atoms with Crippen molar-refractivity contribution >= 4 is 11.8 Å². The molecule has 1 atom stereocenters. The summed E-state index contributed by atoms with van der Waals surface area (Å²) in [4.78, 5) is 24.0. The number of nitrogens with zero attached hydrogens (tertiary/aromatic N) is 1. The minimum Gasteiger partial charge on any atom is -0.392 e. The number of nitrogens with two attached hydrogens (primary N) is 1. The monoisotopic (exact) mass is 240 g/mol. The Kier molecular flexibility index (Phi) is 6.89. The third-order valence-corrected chi connectivity index (χ3v) is 2.05. The molecule has 0 fully saturated rings. The quantitative estimate of drug-likeness (QED) is 0.492. The van der Waals surface area contributed by atoms with Crippen molar-refractivity contribution in [3.05, 3.63) is 24.3 Å². The normalized spacial score (nSPS) is 13.0. The van der Waals surface area contributed by atoms with Crippen molar-refractivity contribution in [1.82, 2.24) is 4.90 Å². The number of aliphatic hydroxyl groups excluding tert-OH is 1. The molecule has 0 aliphatic heterocycles. The Morgan fingerprint density at radius 1 is 1.53 bits per heavy atom. The van der Waals surface area contributed by atoms with Crippen LogP contribution >= 0.6 is 0 Å². The second-order valence-electron chi connectivity index (χ2n) is 3.91. The van der Waals surface area contributed by atoms with Gasteiger partial charge in [-0.15, -0.1) is 6.58 Å². The molecule has 3 N–H and O–H groups in total. The first-order valence-electron chi connectivity index (χ1n) is 5.41. The molecule has 5 heteroatoms. The van der Waals surface area contributed by atoms with Gasteiger partial charge in [0.05, 0.1) is 12.6 Å². The minimum atomic E-state index is -0.703. The molecule has 0 bridgehead atoms. The minimum absolute atomic E-state index is 0.0844. The summed E-state index contributed by atoms with van der Waals surface area (Å²) in [6, 6.07) is 0. The number of hydrogen-bond donors (Lipinski definition) is 2. The number of hydrogen-bond acceptors (Lipinski definition) is 3. The molecule has 1 unspecified atom stereocenters. The third-order valence-electron chi connectivity index (χ3n) is 2.05. The Bertz CT molecular complexity index is 322. The molecule has 0 saturated carbocycles. The van der Waals surface area contributed by atoms with Crippen LogP contribution in [-0.2, 0) is 9.59 Å². The number of carbonyl (C=O) groups is 2. The van der Waals surface area contributed by atoms with E-state index in [1.807, 2.05) is 0 Å². The van der Waals surface area contributed by atoms with Gasteiger partial charge in [0.1, 0.15) is 0 Å². The van der Waals surface area contributed by atoms with Crippen LogP contribution in [0.4, 0.5) is 0 Å². The summed E-state index contributed by atoms with van der Waals surface area (Å²) in [5, 5.41) is 9.26. The van der Waals surface area contributed by atoms with E-state index in [4.69, 9.17) is 5.73 Å². The highest BCUT2D eigenvalue weighted by Gasteiger charge is 2.18. The summed E-state index contributed by atoms with van der Waals surface area (Å²) in [6.07, 6.45) is 3.26. The van der Waals surface area contributed by atoms with Crippen LogP contribution < -0.4 is 5.73 Å². The highest BCUT2D eigenvalue weighted by Crippen LogP contribution is 2.04. The number of aliphatic hydroxyl groups is 1. The van der Waals surface area contributed by atoms with Gasteiger partial charge in [-0.05, 0) is 20.3 Å². The van der Waals surface area contributed by atoms with Crippen LogP contribution in [-0.4, -0.2) is 41.0 Å². The molecular formula is C12H20N2O3. The van der Waals surface area contributed by atoms with E-state index in [9.17, 15) is 14.7 Å². The molecule has 2 amide bonds. The molecular weight excluding hydrogens is 220 g/mol. The molecule has 5 nitrogen and oxygen atoms in total. The summed E-state index contributed by atoms with van der Waals surface area (Å²) < 4.78 is 0. The summed E-state index contributed by atoms with van der Waals surface area (Å²) in [5.74, 6) is -0.901. The fourth-order valence-electron chi connectivity index (χ4n) is 1.32. The Morgan fingerprint density at radius 3 is 2.53 bits per heavy atom. The zero-order chi connectivity index (χ0) is 13.4. The van der Waals surface area contributed by atoms with E-state index < -0.39 is 12.0 Å². The van der Waals surface area contributed by atoms with Gasteiger partial charge in [0.25, 0.3) is 0 Å². The second-order valence-corrected chi connectivity index (χ2v) is 3.91. The first-order valence-corrected chi connectivity index (χ1v) is 5.41. The van der Waals surface area contributed by atoms with Crippen molar-refractivity contribution in [2.45, 2.75) is 26.4 Å². The summed E-state index contributed by atoms with van der Waals surface area (Å²) in [5.41, 5.74) is 5.56. The average Bonchev–Trinajstić information content (AvgIpc) is 2.22. The molecule has 0 aliphatic carbocycles. The van der Waals surface area contributed by atoms with Gasteiger partial charge in [0, 0.05) is 12.1 Å². The SMILES string of the molecule is C=CC/C=C(\C)C(=O)N(CC(N)=O)CC(C)O. The fourth-order valence-corrected chi connectivity index (χ4v) is 1.32. The van der Waals surface area contributed by atoms with E-state index >= 15 is 0 Å². The van der Waals surface area contributed by atoms with Crippen LogP contribution in [0.25, 0.3) is 0 Å². The van der Waals surface area contributed by atoms with Crippen molar-refractivity contribution in [2.24, 2.45) is 5.73 Å². The second kappa shape index (κ2) is 7.62. The molecule has 0 spiro atoms. The molecule has 17 heavy (non-hydrogen) atoms.